The number of carbonyl (C=O) groups excluding carboxylic acids is 2. The molecule has 1 aromatic rings. The fraction of sp³-hybridized carbons (Fsp3) is 0.474. The topological polar surface area (TPSA) is 105 Å². The Morgan fingerprint density at radius 1 is 1.27 bits per heavy atom. The number of halogens is 2. The van der Waals surface area contributed by atoms with Gasteiger partial charge in [0.1, 0.15) is 5.82 Å². The highest BCUT2D eigenvalue weighted by molar-refractivity contribution is 7.91. The molecule has 0 saturated carbocycles. The lowest BCUT2D eigenvalue weighted by Crippen LogP contribution is -2.41. The summed E-state index contributed by atoms with van der Waals surface area (Å²) >= 11 is 5.97. The van der Waals surface area contributed by atoms with Gasteiger partial charge in [-0.05, 0) is 30.2 Å². The molecule has 8 nitrogen and oxygen atoms in total. The van der Waals surface area contributed by atoms with Gasteiger partial charge in [-0.25, -0.2) is 17.6 Å². The quantitative estimate of drug-likeness (QED) is 0.468. The van der Waals surface area contributed by atoms with Crippen LogP contribution in [0.3, 0.4) is 0 Å². The molecule has 0 bridgehead atoms. The Kier molecular flexibility index (Phi) is 6.81. The minimum atomic E-state index is -3.95. The third-order valence-corrected chi connectivity index (χ3v) is 7.17. The summed E-state index contributed by atoms with van der Waals surface area (Å²) in [5, 5.41) is -1.25. The van der Waals surface area contributed by atoms with E-state index in [1.54, 1.807) is 0 Å². The Morgan fingerprint density at radius 2 is 1.97 bits per heavy atom. The standard InChI is InChI=1S/C19H20ClFO8S/c1-12(22)26-11-27-18(23)15-9-19(28-6-7-29-19)5-4-17(15)30(24,25)10-13-2-3-14(21)8-16(13)20/h2-3,8-9,17H,4-7,10-11H2,1H3. The van der Waals surface area contributed by atoms with Crippen molar-refractivity contribution in [3.8, 4) is 0 Å². The van der Waals surface area contributed by atoms with E-state index < -0.39 is 51.2 Å². The highest BCUT2D eigenvalue weighted by Gasteiger charge is 2.46. The Labute approximate surface area is 177 Å². The van der Waals surface area contributed by atoms with Crippen molar-refractivity contribution in [2.75, 3.05) is 20.0 Å². The van der Waals surface area contributed by atoms with Gasteiger partial charge in [0.05, 0.1) is 29.8 Å². The van der Waals surface area contributed by atoms with Crippen LogP contribution < -0.4 is 0 Å². The first-order valence-corrected chi connectivity index (χ1v) is 11.2. The molecular weight excluding hydrogens is 443 g/mol. The molecule has 164 valence electrons. The number of hydrogen-bond donors (Lipinski definition) is 0. The molecule has 30 heavy (non-hydrogen) atoms. The largest absolute Gasteiger partial charge is 0.428 e. The van der Waals surface area contributed by atoms with Gasteiger partial charge in [0.2, 0.25) is 6.79 Å². The van der Waals surface area contributed by atoms with E-state index in [-0.39, 0.29) is 29.0 Å². The van der Waals surface area contributed by atoms with Crippen molar-refractivity contribution in [1.82, 2.24) is 0 Å². The lowest BCUT2D eigenvalue weighted by Gasteiger charge is -2.33. The number of esters is 2. The minimum Gasteiger partial charge on any atom is -0.428 e. The van der Waals surface area contributed by atoms with Crippen molar-refractivity contribution in [3.05, 3.63) is 46.3 Å². The second kappa shape index (κ2) is 9.01. The van der Waals surface area contributed by atoms with Crippen molar-refractivity contribution >= 4 is 33.4 Å². The third kappa shape index (κ3) is 5.18. The Balaban J connectivity index is 1.88. The van der Waals surface area contributed by atoms with Gasteiger partial charge >= 0.3 is 11.9 Å². The number of benzene rings is 1. The normalized spacial score (nSPS) is 20.6. The van der Waals surface area contributed by atoms with Crippen LogP contribution in [0.15, 0.2) is 29.8 Å². The molecule has 1 unspecified atom stereocenters. The molecule has 1 atom stereocenters. The second-order valence-electron chi connectivity index (χ2n) is 6.86. The molecule has 1 spiro atoms. The third-order valence-electron chi connectivity index (χ3n) is 4.75. The molecule has 11 heteroatoms. The summed E-state index contributed by atoms with van der Waals surface area (Å²) in [6, 6.07) is 3.41. The van der Waals surface area contributed by atoms with E-state index in [9.17, 15) is 22.4 Å². The summed E-state index contributed by atoms with van der Waals surface area (Å²) in [6.07, 6.45) is 1.57. The molecule has 1 saturated heterocycles. The molecular formula is C19H20ClFO8S. The van der Waals surface area contributed by atoms with Gasteiger partial charge in [0.15, 0.2) is 15.6 Å². The van der Waals surface area contributed by atoms with E-state index in [4.69, 9.17) is 25.8 Å². The zero-order valence-electron chi connectivity index (χ0n) is 16.1. The van der Waals surface area contributed by atoms with Gasteiger partial charge in [-0.15, -0.1) is 0 Å². The van der Waals surface area contributed by atoms with Crippen LogP contribution in [0, 0.1) is 5.82 Å². The van der Waals surface area contributed by atoms with Crippen LogP contribution >= 0.6 is 11.6 Å². The summed E-state index contributed by atoms with van der Waals surface area (Å²) in [6.45, 7) is 1.09. The molecule has 1 heterocycles. The van der Waals surface area contributed by atoms with Crippen LogP contribution in [-0.2, 0) is 44.1 Å². The maximum atomic E-state index is 13.3. The molecule has 0 aromatic heterocycles. The Morgan fingerprint density at radius 3 is 2.60 bits per heavy atom. The summed E-state index contributed by atoms with van der Waals surface area (Å²) in [4.78, 5) is 23.5. The lowest BCUT2D eigenvalue weighted by molar-refractivity contribution is -0.164. The van der Waals surface area contributed by atoms with Crippen LogP contribution in [0.2, 0.25) is 5.02 Å². The van der Waals surface area contributed by atoms with Gasteiger partial charge in [-0.3, -0.25) is 4.79 Å². The summed E-state index contributed by atoms with van der Waals surface area (Å²) in [7, 11) is -3.95. The SMILES string of the molecule is CC(=O)OCOC(=O)C1=CC2(CCC1S(=O)(=O)Cc1ccc(F)cc1Cl)OCCO2. The molecule has 3 rings (SSSR count). The second-order valence-corrected chi connectivity index (χ2v) is 9.45. The van der Waals surface area contributed by atoms with Gasteiger partial charge in [0.25, 0.3) is 0 Å². The van der Waals surface area contributed by atoms with Crippen molar-refractivity contribution in [2.24, 2.45) is 0 Å². The first-order chi connectivity index (χ1) is 14.1. The highest BCUT2D eigenvalue weighted by atomic mass is 35.5. The minimum absolute atomic E-state index is 0.0312. The van der Waals surface area contributed by atoms with E-state index in [1.165, 1.54) is 12.1 Å². The molecule has 1 fully saturated rings. The van der Waals surface area contributed by atoms with Gasteiger partial charge in [-0.1, -0.05) is 17.7 Å². The van der Waals surface area contributed by atoms with Gasteiger partial charge < -0.3 is 18.9 Å². The number of carbonyl (C=O) groups is 2. The molecule has 1 aromatic carbocycles. The highest BCUT2D eigenvalue weighted by Crippen LogP contribution is 2.38. The van der Waals surface area contributed by atoms with Crippen LogP contribution in [0.5, 0.6) is 0 Å². The van der Waals surface area contributed by atoms with E-state index in [1.807, 2.05) is 0 Å². The maximum absolute atomic E-state index is 13.3. The molecule has 0 radical (unpaired) electrons. The monoisotopic (exact) mass is 462 g/mol. The van der Waals surface area contributed by atoms with Crippen molar-refractivity contribution in [1.29, 1.82) is 0 Å². The number of ether oxygens (including phenoxy) is 4. The van der Waals surface area contributed by atoms with Crippen LogP contribution in [0.25, 0.3) is 0 Å². The first-order valence-electron chi connectivity index (χ1n) is 9.08. The summed E-state index contributed by atoms with van der Waals surface area (Å²) in [5.41, 5.74) is 0.0351. The average molecular weight is 463 g/mol. The lowest BCUT2D eigenvalue weighted by atomic mass is 9.94. The van der Waals surface area contributed by atoms with E-state index in [0.717, 1.165) is 19.1 Å². The molecule has 2 aliphatic rings. The summed E-state index contributed by atoms with van der Waals surface area (Å²) in [5.74, 6) is -3.91. The fourth-order valence-electron chi connectivity index (χ4n) is 3.36. The maximum Gasteiger partial charge on any atom is 0.338 e. The van der Waals surface area contributed by atoms with Gasteiger partial charge in [-0.2, -0.15) is 0 Å². The van der Waals surface area contributed by atoms with Crippen molar-refractivity contribution in [3.63, 3.8) is 0 Å². The first kappa shape index (κ1) is 22.7. The van der Waals surface area contributed by atoms with E-state index in [0.29, 0.717) is 13.2 Å². The smallest absolute Gasteiger partial charge is 0.338 e. The van der Waals surface area contributed by atoms with Crippen molar-refractivity contribution < 1.29 is 41.3 Å². The van der Waals surface area contributed by atoms with Crippen LogP contribution in [0.4, 0.5) is 4.39 Å². The summed E-state index contributed by atoms with van der Waals surface area (Å²) < 4.78 is 60.2. The van der Waals surface area contributed by atoms with Crippen molar-refractivity contribution in [2.45, 2.75) is 36.6 Å². The predicted molar refractivity (Wildman–Crippen MR) is 102 cm³/mol. The Hall–Kier alpha value is -2.01. The fourth-order valence-corrected chi connectivity index (χ4v) is 5.58. The van der Waals surface area contributed by atoms with Crippen LogP contribution in [-0.4, -0.2) is 51.4 Å². The molecule has 1 aliphatic carbocycles. The zero-order chi connectivity index (χ0) is 21.9. The van der Waals surface area contributed by atoms with Gasteiger partial charge in [0, 0.05) is 18.4 Å². The molecule has 1 aliphatic heterocycles. The number of rotatable bonds is 6. The van der Waals surface area contributed by atoms with Crippen LogP contribution in [0.1, 0.15) is 25.3 Å². The zero-order valence-corrected chi connectivity index (χ0v) is 17.6. The number of sulfone groups is 1. The average Bonchev–Trinajstić information content (AvgIpc) is 3.11. The Bertz CT molecular complexity index is 969. The predicted octanol–water partition coefficient (Wildman–Crippen LogP) is 2.29. The van der Waals surface area contributed by atoms with E-state index >= 15 is 0 Å². The van der Waals surface area contributed by atoms with E-state index in [2.05, 4.69) is 4.74 Å². The number of hydrogen-bond acceptors (Lipinski definition) is 8. The molecule has 0 N–H and O–H groups in total. The molecule has 0 amide bonds.